The molecule has 57 valence electrons. The molecular weight excluding hydrogens is 143 g/mol. The van der Waals surface area contributed by atoms with E-state index in [2.05, 4.69) is 49.8 Å². The van der Waals surface area contributed by atoms with Gasteiger partial charge in [-0.3, -0.25) is 0 Å². The van der Waals surface area contributed by atoms with Crippen LogP contribution in [0.4, 0.5) is 0 Å². The first-order chi connectivity index (χ1) is 5.95. The molecular formula is C11H10B. The number of benzene rings is 1. The van der Waals surface area contributed by atoms with Gasteiger partial charge in [-0.05, 0) is 6.42 Å². The van der Waals surface area contributed by atoms with Crippen LogP contribution in [0.3, 0.4) is 0 Å². The zero-order valence-corrected chi connectivity index (χ0v) is 6.90. The third-order valence-corrected chi connectivity index (χ3v) is 1.95. The predicted octanol–water partition coefficient (Wildman–Crippen LogP) is 1.86. The second kappa shape index (κ2) is 3.44. The van der Waals surface area contributed by atoms with E-state index in [1.54, 1.807) is 0 Å². The highest BCUT2D eigenvalue weighted by Gasteiger charge is 2.01. The van der Waals surface area contributed by atoms with Crippen LogP contribution in [0.25, 0.3) is 0 Å². The summed E-state index contributed by atoms with van der Waals surface area (Å²) in [5.74, 6) is 0. The fourth-order valence-corrected chi connectivity index (χ4v) is 1.33. The van der Waals surface area contributed by atoms with Crippen LogP contribution in [0, 0.1) is 0 Å². The first-order valence-electron chi connectivity index (χ1n) is 4.21. The number of hydrogen-bond acceptors (Lipinski definition) is 0. The highest BCUT2D eigenvalue weighted by Crippen LogP contribution is 2.07. The van der Waals surface area contributed by atoms with Crippen molar-refractivity contribution in [2.24, 2.45) is 0 Å². The minimum Gasteiger partial charge on any atom is -0.0988 e. The third kappa shape index (κ3) is 1.67. The Morgan fingerprint density at radius 3 is 2.58 bits per heavy atom. The predicted molar refractivity (Wildman–Crippen MR) is 53.7 cm³/mol. The summed E-state index contributed by atoms with van der Waals surface area (Å²) < 4.78 is 0. The molecule has 0 amide bonds. The smallest absolute Gasteiger partial charge is 0.0988 e. The molecule has 12 heavy (non-hydrogen) atoms. The molecule has 1 aliphatic rings. The first kappa shape index (κ1) is 7.42. The van der Waals surface area contributed by atoms with E-state index in [0.717, 1.165) is 6.42 Å². The minimum absolute atomic E-state index is 1.08. The van der Waals surface area contributed by atoms with Crippen LogP contribution >= 0.6 is 0 Å². The first-order valence-corrected chi connectivity index (χ1v) is 4.21. The lowest BCUT2D eigenvalue weighted by atomic mass is 9.63. The quantitative estimate of drug-likeness (QED) is 0.569. The Labute approximate surface area is 73.9 Å². The summed E-state index contributed by atoms with van der Waals surface area (Å²) in [7, 11) is 2.22. The molecule has 1 heteroatoms. The zero-order valence-electron chi connectivity index (χ0n) is 6.90. The van der Waals surface area contributed by atoms with E-state index in [0.29, 0.717) is 0 Å². The van der Waals surface area contributed by atoms with Gasteiger partial charge in [0.1, 0.15) is 0 Å². The highest BCUT2D eigenvalue weighted by molar-refractivity contribution is 6.61. The molecule has 1 aliphatic carbocycles. The third-order valence-electron chi connectivity index (χ3n) is 1.95. The maximum atomic E-state index is 2.22. The van der Waals surface area contributed by atoms with Crippen molar-refractivity contribution in [3.8, 4) is 0 Å². The molecule has 0 unspecified atom stereocenters. The molecule has 1 aromatic rings. The molecule has 0 atom stereocenters. The van der Waals surface area contributed by atoms with Crippen LogP contribution in [0.2, 0.25) is 0 Å². The van der Waals surface area contributed by atoms with Gasteiger partial charge < -0.3 is 0 Å². The fourth-order valence-electron chi connectivity index (χ4n) is 1.33. The summed E-state index contributed by atoms with van der Waals surface area (Å²) in [6.45, 7) is 0. The second-order valence-electron chi connectivity index (χ2n) is 2.93. The van der Waals surface area contributed by atoms with Crippen molar-refractivity contribution in [2.75, 3.05) is 0 Å². The molecule has 1 radical (unpaired) electrons. The van der Waals surface area contributed by atoms with Gasteiger partial charge in [0, 0.05) is 0 Å². The Bertz CT molecular complexity index is 309. The van der Waals surface area contributed by atoms with Crippen LogP contribution < -0.4 is 5.46 Å². The zero-order chi connectivity index (χ0) is 8.23. The van der Waals surface area contributed by atoms with Crippen LogP contribution in [-0.2, 0) is 0 Å². The van der Waals surface area contributed by atoms with Crippen LogP contribution in [0.1, 0.15) is 6.42 Å². The van der Waals surface area contributed by atoms with E-state index >= 15 is 0 Å². The van der Waals surface area contributed by atoms with Gasteiger partial charge in [-0.1, -0.05) is 59.5 Å². The molecule has 0 saturated heterocycles. The summed E-state index contributed by atoms with van der Waals surface area (Å²) in [4.78, 5) is 0. The van der Waals surface area contributed by atoms with Gasteiger partial charge in [0.15, 0.2) is 7.28 Å². The summed E-state index contributed by atoms with van der Waals surface area (Å²) in [5.41, 5.74) is 2.67. The average molecular weight is 153 g/mol. The van der Waals surface area contributed by atoms with Crippen LogP contribution in [0.5, 0.6) is 0 Å². The lowest BCUT2D eigenvalue weighted by molar-refractivity contribution is 1.40. The van der Waals surface area contributed by atoms with Crippen LogP contribution in [-0.4, -0.2) is 7.28 Å². The van der Waals surface area contributed by atoms with Gasteiger partial charge in [0.25, 0.3) is 0 Å². The summed E-state index contributed by atoms with van der Waals surface area (Å²) in [5, 5.41) is 0. The Kier molecular flexibility index (Phi) is 2.13. The van der Waals surface area contributed by atoms with E-state index < -0.39 is 0 Å². The number of allylic oxidation sites excluding steroid dienone is 4. The van der Waals surface area contributed by atoms with Gasteiger partial charge in [0.05, 0.1) is 0 Å². The molecule has 0 heterocycles. The van der Waals surface area contributed by atoms with Crippen molar-refractivity contribution >= 4 is 12.7 Å². The SMILES string of the molecule is [B](C1=CC=CC1)c1ccccc1. The van der Waals surface area contributed by atoms with E-state index in [9.17, 15) is 0 Å². The van der Waals surface area contributed by atoms with Gasteiger partial charge >= 0.3 is 0 Å². The van der Waals surface area contributed by atoms with E-state index in [1.807, 2.05) is 6.07 Å². The van der Waals surface area contributed by atoms with Crippen molar-refractivity contribution in [3.63, 3.8) is 0 Å². The molecule has 0 N–H and O–H groups in total. The van der Waals surface area contributed by atoms with E-state index in [4.69, 9.17) is 0 Å². The fraction of sp³-hybridized carbons (Fsp3) is 0.0909. The minimum atomic E-state index is 1.08. The van der Waals surface area contributed by atoms with Crippen molar-refractivity contribution in [2.45, 2.75) is 6.42 Å². The average Bonchev–Trinajstić information content (AvgIpc) is 2.59. The largest absolute Gasteiger partial charge is 0.186 e. The molecule has 0 spiro atoms. The monoisotopic (exact) mass is 153 g/mol. The van der Waals surface area contributed by atoms with Crippen LogP contribution in [0.15, 0.2) is 54.0 Å². The number of rotatable bonds is 2. The maximum absolute atomic E-state index is 2.22. The Hall–Kier alpha value is -1.24. The summed E-state index contributed by atoms with van der Waals surface area (Å²) in [6.07, 6.45) is 7.52. The van der Waals surface area contributed by atoms with Crippen molar-refractivity contribution in [1.29, 1.82) is 0 Å². The topological polar surface area (TPSA) is 0 Å². The van der Waals surface area contributed by atoms with Crippen molar-refractivity contribution in [3.05, 3.63) is 54.0 Å². The number of hydrogen-bond donors (Lipinski definition) is 0. The van der Waals surface area contributed by atoms with Gasteiger partial charge in [-0.15, -0.1) is 0 Å². The van der Waals surface area contributed by atoms with Crippen molar-refractivity contribution < 1.29 is 0 Å². The molecule has 0 bridgehead atoms. The molecule has 0 aliphatic heterocycles. The molecule has 2 rings (SSSR count). The summed E-state index contributed by atoms with van der Waals surface area (Å²) >= 11 is 0. The standard InChI is InChI=1S/C11H10B/c1-2-6-10(7-3-1)12-11-8-4-5-9-11/h1-8H,9H2. The summed E-state index contributed by atoms with van der Waals surface area (Å²) in [6, 6.07) is 10.4. The maximum Gasteiger partial charge on any atom is 0.186 e. The van der Waals surface area contributed by atoms with E-state index in [1.165, 1.54) is 10.9 Å². The highest BCUT2D eigenvalue weighted by atomic mass is 13.9. The molecule has 0 aromatic heterocycles. The van der Waals surface area contributed by atoms with Gasteiger partial charge in [-0.25, -0.2) is 0 Å². The van der Waals surface area contributed by atoms with Gasteiger partial charge in [-0.2, -0.15) is 0 Å². The molecule has 0 nitrogen and oxygen atoms in total. The Morgan fingerprint density at radius 1 is 1.08 bits per heavy atom. The Morgan fingerprint density at radius 2 is 1.92 bits per heavy atom. The van der Waals surface area contributed by atoms with Crippen molar-refractivity contribution in [1.82, 2.24) is 0 Å². The second-order valence-corrected chi connectivity index (χ2v) is 2.93. The van der Waals surface area contributed by atoms with Gasteiger partial charge in [0.2, 0.25) is 0 Å². The lowest BCUT2D eigenvalue weighted by Gasteiger charge is -1.98. The van der Waals surface area contributed by atoms with E-state index in [-0.39, 0.29) is 0 Å². The Balaban J connectivity index is 2.05. The molecule has 1 aromatic carbocycles. The normalized spacial score (nSPS) is 14.5. The molecule has 0 saturated carbocycles. The molecule has 0 fully saturated rings. The lowest BCUT2D eigenvalue weighted by Crippen LogP contribution is -2.14.